The molecule has 0 unspecified atom stereocenters. The third kappa shape index (κ3) is 1.59. The molecule has 3 heteroatoms. The Labute approximate surface area is 93.9 Å². The van der Waals surface area contributed by atoms with Crippen molar-refractivity contribution in [1.29, 1.82) is 0 Å². The summed E-state index contributed by atoms with van der Waals surface area (Å²) in [4.78, 5) is 12.9. The second-order valence-electron chi connectivity index (χ2n) is 4.88. The van der Waals surface area contributed by atoms with E-state index in [9.17, 15) is 4.79 Å². The molecular formula is C12H16O2S. The maximum absolute atomic E-state index is 11.1. The van der Waals surface area contributed by atoms with Gasteiger partial charge in [0.25, 0.3) is 0 Å². The Hall–Kier alpha value is -0.830. The van der Waals surface area contributed by atoms with Gasteiger partial charge in [-0.15, -0.1) is 11.3 Å². The maximum Gasteiger partial charge on any atom is 0.346 e. The molecule has 1 heterocycles. The van der Waals surface area contributed by atoms with Gasteiger partial charge < -0.3 is 5.11 Å². The van der Waals surface area contributed by atoms with Crippen molar-refractivity contribution in [3.05, 3.63) is 20.9 Å². The molecule has 1 aromatic rings. The third-order valence-corrected chi connectivity index (χ3v) is 4.42. The number of rotatable bonds is 1. The van der Waals surface area contributed by atoms with Gasteiger partial charge in [0, 0.05) is 4.88 Å². The summed E-state index contributed by atoms with van der Waals surface area (Å²) in [5.41, 5.74) is 2.56. The first kappa shape index (κ1) is 10.7. The van der Waals surface area contributed by atoms with E-state index < -0.39 is 5.97 Å². The average molecular weight is 224 g/mol. The van der Waals surface area contributed by atoms with E-state index in [4.69, 9.17) is 5.11 Å². The Balaban J connectivity index is 2.64. The predicted molar refractivity (Wildman–Crippen MR) is 62.0 cm³/mol. The molecule has 0 aromatic carbocycles. The maximum atomic E-state index is 11.1. The Bertz CT molecular complexity index is 416. The van der Waals surface area contributed by atoms with E-state index in [1.165, 1.54) is 21.8 Å². The minimum absolute atomic E-state index is 0.155. The van der Waals surface area contributed by atoms with Crippen LogP contribution in [-0.4, -0.2) is 11.1 Å². The number of hydrogen-bond donors (Lipinski definition) is 1. The molecule has 1 aliphatic rings. The van der Waals surface area contributed by atoms with Gasteiger partial charge in [-0.25, -0.2) is 4.79 Å². The minimum Gasteiger partial charge on any atom is -0.477 e. The molecule has 1 aliphatic carbocycles. The standard InChI is InChI=1S/C12H16O2S/c1-7-9-8(10(15-7)11(13)14)5-4-6-12(9,2)3/h4-6H2,1-3H3,(H,13,14). The lowest BCUT2D eigenvalue weighted by Gasteiger charge is -2.31. The molecule has 0 spiro atoms. The second kappa shape index (κ2) is 3.34. The van der Waals surface area contributed by atoms with Crippen molar-refractivity contribution >= 4 is 17.3 Å². The van der Waals surface area contributed by atoms with Gasteiger partial charge in [0.2, 0.25) is 0 Å². The van der Waals surface area contributed by atoms with Crippen molar-refractivity contribution in [2.24, 2.45) is 0 Å². The first-order valence-electron chi connectivity index (χ1n) is 5.29. The van der Waals surface area contributed by atoms with Crippen LogP contribution in [0.4, 0.5) is 0 Å². The second-order valence-corrected chi connectivity index (χ2v) is 6.11. The summed E-state index contributed by atoms with van der Waals surface area (Å²) in [6.45, 7) is 6.48. The summed E-state index contributed by atoms with van der Waals surface area (Å²) < 4.78 is 0. The van der Waals surface area contributed by atoms with E-state index in [2.05, 4.69) is 13.8 Å². The molecule has 0 bridgehead atoms. The van der Waals surface area contributed by atoms with Crippen LogP contribution in [-0.2, 0) is 11.8 Å². The van der Waals surface area contributed by atoms with Gasteiger partial charge in [-0.2, -0.15) is 0 Å². The zero-order valence-electron chi connectivity index (χ0n) is 9.39. The summed E-state index contributed by atoms with van der Waals surface area (Å²) in [6.07, 6.45) is 3.21. The van der Waals surface area contributed by atoms with Crippen LogP contribution in [0, 0.1) is 6.92 Å². The number of hydrogen-bond acceptors (Lipinski definition) is 2. The van der Waals surface area contributed by atoms with Gasteiger partial charge in [0.15, 0.2) is 0 Å². The van der Waals surface area contributed by atoms with Crippen molar-refractivity contribution in [3.8, 4) is 0 Å². The summed E-state index contributed by atoms with van der Waals surface area (Å²) >= 11 is 1.44. The number of aryl methyl sites for hydroxylation is 1. The van der Waals surface area contributed by atoms with Gasteiger partial charge in [-0.3, -0.25) is 0 Å². The summed E-state index contributed by atoms with van der Waals surface area (Å²) in [7, 11) is 0. The summed E-state index contributed by atoms with van der Waals surface area (Å²) in [6, 6.07) is 0. The van der Waals surface area contributed by atoms with Crippen LogP contribution < -0.4 is 0 Å². The van der Waals surface area contributed by atoms with Crippen LogP contribution in [0.1, 0.15) is 52.4 Å². The van der Waals surface area contributed by atoms with Gasteiger partial charge in [0.05, 0.1) is 0 Å². The monoisotopic (exact) mass is 224 g/mol. The largest absolute Gasteiger partial charge is 0.477 e. The molecule has 0 aliphatic heterocycles. The van der Waals surface area contributed by atoms with E-state index >= 15 is 0 Å². The first-order valence-corrected chi connectivity index (χ1v) is 6.11. The molecule has 0 saturated carbocycles. The van der Waals surface area contributed by atoms with Crippen molar-refractivity contribution in [1.82, 2.24) is 0 Å². The van der Waals surface area contributed by atoms with Gasteiger partial charge in [-0.05, 0) is 42.7 Å². The molecule has 1 aromatic heterocycles. The number of aromatic carboxylic acids is 1. The van der Waals surface area contributed by atoms with E-state index in [1.54, 1.807) is 0 Å². The van der Waals surface area contributed by atoms with Crippen LogP contribution in [0.15, 0.2) is 0 Å². The Morgan fingerprint density at radius 1 is 1.47 bits per heavy atom. The fourth-order valence-corrected chi connectivity index (χ4v) is 3.94. The first-order chi connectivity index (χ1) is 6.93. The zero-order chi connectivity index (χ0) is 11.2. The lowest BCUT2D eigenvalue weighted by molar-refractivity contribution is 0.0700. The van der Waals surface area contributed by atoms with Crippen LogP contribution in [0.5, 0.6) is 0 Å². The number of fused-ring (bicyclic) bond motifs is 1. The molecule has 2 nitrogen and oxygen atoms in total. The SMILES string of the molecule is Cc1sc(C(=O)O)c2c1C(C)(C)CCC2. The number of carbonyl (C=O) groups is 1. The Morgan fingerprint density at radius 3 is 2.73 bits per heavy atom. The molecule has 0 saturated heterocycles. The van der Waals surface area contributed by atoms with Gasteiger partial charge in [-0.1, -0.05) is 13.8 Å². The highest BCUT2D eigenvalue weighted by atomic mass is 32.1. The lowest BCUT2D eigenvalue weighted by atomic mass is 9.73. The molecule has 0 radical (unpaired) electrons. The van der Waals surface area contributed by atoms with E-state index in [-0.39, 0.29) is 5.41 Å². The molecule has 1 N–H and O–H groups in total. The van der Waals surface area contributed by atoms with Crippen molar-refractivity contribution in [2.45, 2.75) is 45.4 Å². The number of thiophene rings is 1. The highest BCUT2D eigenvalue weighted by Gasteiger charge is 2.33. The highest BCUT2D eigenvalue weighted by Crippen LogP contribution is 2.43. The molecule has 0 atom stereocenters. The van der Waals surface area contributed by atoms with Crippen LogP contribution in [0.3, 0.4) is 0 Å². The van der Waals surface area contributed by atoms with E-state index in [0.717, 1.165) is 24.8 Å². The molecule has 2 rings (SSSR count). The third-order valence-electron chi connectivity index (χ3n) is 3.28. The van der Waals surface area contributed by atoms with Gasteiger partial charge >= 0.3 is 5.97 Å². The van der Waals surface area contributed by atoms with Gasteiger partial charge in [0.1, 0.15) is 4.88 Å². The zero-order valence-corrected chi connectivity index (χ0v) is 10.2. The lowest BCUT2D eigenvalue weighted by Crippen LogP contribution is -2.24. The smallest absolute Gasteiger partial charge is 0.346 e. The van der Waals surface area contributed by atoms with Crippen molar-refractivity contribution < 1.29 is 9.90 Å². The highest BCUT2D eigenvalue weighted by molar-refractivity contribution is 7.14. The number of carboxylic acids is 1. The van der Waals surface area contributed by atoms with Crippen molar-refractivity contribution in [3.63, 3.8) is 0 Å². The fraction of sp³-hybridized carbons (Fsp3) is 0.583. The van der Waals surface area contributed by atoms with E-state index in [1.807, 2.05) is 6.92 Å². The molecule has 82 valence electrons. The van der Waals surface area contributed by atoms with E-state index in [0.29, 0.717) is 4.88 Å². The Kier molecular flexibility index (Phi) is 2.38. The van der Waals surface area contributed by atoms with Crippen LogP contribution >= 0.6 is 11.3 Å². The molecule has 0 fully saturated rings. The average Bonchev–Trinajstić information content (AvgIpc) is 2.43. The molecular weight excluding hydrogens is 208 g/mol. The quantitative estimate of drug-likeness (QED) is 0.794. The van der Waals surface area contributed by atoms with Crippen molar-refractivity contribution in [2.75, 3.05) is 0 Å². The normalized spacial score (nSPS) is 18.6. The van der Waals surface area contributed by atoms with Crippen LogP contribution in [0.2, 0.25) is 0 Å². The number of carboxylic acid groups (broad SMARTS) is 1. The predicted octanol–water partition coefficient (Wildman–Crippen LogP) is 3.37. The topological polar surface area (TPSA) is 37.3 Å². The molecule has 15 heavy (non-hydrogen) atoms. The summed E-state index contributed by atoms with van der Waals surface area (Å²) in [5, 5.41) is 9.13. The Morgan fingerprint density at radius 2 is 2.13 bits per heavy atom. The molecule has 0 amide bonds. The fourth-order valence-electron chi connectivity index (χ4n) is 2.72. The minimum atomic E-state index is -0.762. The van der Waals surface area contributed by atoms with Crippen LogP contribution in [0.25, 0.3) is 0 Å². The summed E-state index contributed by atoms with van der Waals surface area (Å²) in [5.74, 6) is -0.762.